The lowest BCUT2D eigenvalue weighted by Gasteiger charge is -2.19. The van der Waals surface area contributed by atoms with Crippen LogP contribution >= 0.6 is 12.2 Å². The fraction of sp³-hybridized carbons (Fsp3) is 0.500. The third-order valence-corrected chi connectivity index (χ3v) is 3.88. The summed E-state index contributed by atoms with van der Waals surface area (Å²) in [7, 11) is 1.68. The highest BCUT2D eigenvalue weighted by Crippen LogP contribution is 2.28. The molecule has 2 fully saturated rings. The van der Waals surface area contributed by atoms with Gasteiger partial charge in [-0.15, -0.1) is 0 Å². The minimum Gasteiger partial charge on any atom is -0.376 e. The Morgan fingerprint density at radius 2 is 1.95 bits per heavy atom. The Morgan fingerprint density at radius 1 is 1.20 bits per heavy atom. The molecule has 2 saturated heterocycles. The second-order valence-electron chi connectivity index (χ2n) is 4.94. The number of fused-ring (bicyclic) bond motifs is 1. The van der Waals surface area contributed by atoms with Gasteiger partial charge in [-0.3, -0.25) is 0 Å². The molecule has 2 heterocycles. The minimum atomic E-state index is -0.00419. The fourth-order valence-electron chi connectivity index (χ4n) is 2.65. The number of rotatable bonds is 3. The topological polar surface area (TPSA) is 51.8 Å². The van der Waals surface area contributed by atoms with Crippen LogP contribution in [0.4, 0.5) is 5.69 Å². The van der Waals surface area contributed by atoms with Crippen molar-refractivity contribution < 1.29 is 14.2 Å². The highest BCUT2D eigenvalue weighted by Gasteiger charge is 2.48. The van der Waals surface area contributed by atoms with Gasteiger partial charge in [0.05, 0.1) is 19.3 Å². The van der Waals surface area contributed by atoms with E-state index in [9.17, 15) is 0 Å². The van der Waals surface area contributed by atoms with Gasteiger partial charge in [0, 0.05) is 12.8 Å². The van der Waals surface area contributed by atoms with E-state index in [1.54, 1.807) is 7.11 Å². The summed E-state index contributed by atoms with van der Waals surface area (Å²) >= 11 is 5.33. The Kier molecular flexibility index (Phi) is 4.16. The molecule has 3 rings (SSSR count). The number of methoxy groups -OCH3 is 1. The molecule has 20 heavy (non-hydrogen) atoms. The zero-order chi connectivity index (χ0) is 13.9. The molecule has 1 aromatic rings. The third kappa shape index (κ3) is 2.78. The second kappa shape index (κ2) is 6.05. The van der Waals surface area contributed by atoms with Crippen molar-refractivity contribution in [3.63, 3.8) is 0 Å². The number of hydrogen-bond acceptors (Lipinski definition) is 4. The molecule has 4 atom stereocenters. The summed E-state index contributed by atoms with van der Waals surface area (Å²) in [6.45, 7) is 1.15. The molecule has 2 aliphatic rings. The van der Waals surface area contributed by atoms with Gasteiger partial charge >= 0.3 is 0 Å². The first-order valence-electron chi connectivity index (χ1n) is 6.66. The number of thiocarbonyl (C=S) groups is 1. The highest BCUT2D eigenvalue weighted by atomic mass is 32.1. The van der Waals surface area contributed by atoms with E-state index in [1.165, 1.54) is 0 Å². The molecule has 0 radical (unpaired) electrons. The summed E-state index contributed by atoms with van der Waals surface area (Å²) in [6, 6.07) is 9.88. The molecule has 0 unspecified atom stereocenters. The van der Waals surface area contributed by atoms with Crippen molar-refractivity contribution in [2.75, 3.05) is 25.6 Å². The lowest BCUT2D eigenvalue weighted by atomic mass is 10.1. The number of hydrogen-bond donors (Lipinski definition) is 2. The molecule has 0 saturated carbocycles. The molecule has 2 N–H and O–H groups in total. The van der Waals surface area contributed by atoms with Gasteiger partial charge in [0.25, 0.3) is 0 Å². The Balaban J connectivity index is 1.55. The quantitative estimate of drug-likeness (QED) is 0.816. The van der Waals surface area contributed by atoms with E-state index in [4.69, 9.17) is 26.4 Å². The Bertz CT molecular complexity index is 471. The molecule has 5 nitrogen and oxygen atoms in total. The maximum absolute atomic E-state index is 5.74. The van der Waals surface area contributed by atoms with Gasteiger partial charge in [-0.25, -0.2) is 0 Å². The summed E-state index contributed by atoms with van der Waals surface area (Å²) in [5, 5.41) is 6.99. The van der Waals surface area contributed by atoms with E-state index in [0.717, 1.165) is 5.69 Å². The van der Waals surface area contributed by atoms with E-state index in [2.05, 4.69) is 10.6 Å². The van der Waals surface area contributed by atoms with E-state index in [0.29, 0.717) is 18.3 Å². The smallest absolute Gasteiger partial charge is 0.171 e. The van der Waals surface area contributed by atoms with Crippen molar-refractivity contribution in [1.29, 1.82) is 0 Å². The number of nitrogens with one attached hydrogen (secondary N) is 2. The van der Waals surface area contributed by atoms with Crippen molar-refractivity contribution in [3.8, 4) is 0 Å². The summed E-state index contributed by atoms with van der Waals surface area (Å²) < 4.78 is 16.8. The molecule has 2 aliphatic heterocycles. The lowest BCUT2D eigenvalue weighted by molar-refractivity contribution is -0.00798. The molecule has 0 aromatic heterocycles. The molecule has 1 aromatic carbocycles. The van der Waals surface area contributed by atoms with Crippen LogP contribution in [0.1, 0.15) is 0 Å². The monoisotopic (exact) mass is 294 g/mol. The van der Waals surface area contributed by atoms with Crippen LogP contribution in [0.15, 0.2) is 30.3 Å². The SMILES string of the molecule is CO[C@H]1CO[C@@H]2[C@@H]1OC[C@@H]2NC(=S)Nc1ccccc1. The van der Waals surface area contributed by atoms with Crippen molar-refractivity contribution in [3.05, 3.63) is 30.3 Å². The predicted molar refractivity (Wildman–Crippen MR) is 79.9 cm³/mol. The fourth-order valence-corrected chi connectivity index (χ4v) is 2.92. The molecule has 6 heteroatoms. The molecular formula is C14H18N2O3S. The first-order chi connectivity index (χ1) is 9.78. The van der Waals surface area contributed by atoms with Gasteiger partial charge < -0.3 is 24.8 Å². The van der Waals surface area contributed by atoms with E-state index >= 15 is 0 Å². The van der Waals surface area contributed by atoms with Crippen LogP contribution in [0.5, 0.6) is 0 Å². The second-order valence-corrected chi connectivity index (χ2v) is 5.35. The van der Waals surface area contributed by atoms with Crippen LogP contribution in [-0.2, 0) is 14.2 Å². The van der Waals surface area contributed by atoms with Gasteiger partial charge in [0.1, 0.15) is 18.3 Å². The van der Waals surface area contributed by atoms with Crippen molar-refractivity contribution >= 4 is 23.0 Å². The normalized spacial score (nSPS) is 31.9. The van der Waals surface area contributed by atoms with Crippen LogP contribution in [0.3, 0.4) is 0 Å². The van der Waals surface area contributed by atoms with E-state index < -0.39 is 0 Å². The van der Waals surface area contributed by atoms with Crippen molar-refractivity contribution in [2.45, 2.75) is 24.4 Å². The van der Waals surface area contributed by atoms with Crippen LogP contribution in [0.25, 0.3) is 0 Å². The van der Waals surface area contributed by atoms with Gasteiger partial charge in [-0.2, -0.15) is 0 Å². The van der Waals surface area contributed by atoms with Gasteiger partial charge in [-0.05, 0) is 24.4 Å². The summed E-state index contributed by atoms with van der Waals surface area (Å²) in [5.74, 6) is 0. The number of para-hydroxylation sites is 1. The molecule has 0 aliphatic carbocycles. The summed E-state index contributed by atoms with van der Waals surface area (Å²) in [4.78, 5) is 0. The minimum absolute atomic E-state index is 0.00275. The average Bonchev–Trinajstić information content (AvgIpc) is 3.02. The van der Waals surface area contributed by atoms with Crippen molar-refractivity contribution in [1.82, 2.24) is 5.32 Å². The molecule has 0 amide bonds. The van der Waals surface area contributed by atoms with Crippen LogP contribution in [0, 0.1) is 0 Å². The zero-order valence-electron chi connectivity index (χ0n) is 11.2. The first-order valence-corrected chi connectivity index (χ1v) is 7.07. The number of benzene rings is 1. The largest absolute Gasteiger partial charge is 0.376 e. The van der Waals surface area contributed by atoms with Crippen LogP contribution < -0.4 is 10.6 Å². The molecule has 0 spiro atoms. The Labute approximate surface area is 123 Å². The first kappa shape index (κ1) is 13.8. The van der Waals surface area contributed by atoms with Gasteiger partial charge in [0.15, 0.2) is 5.11 Å². The standard InChI is InChI=1S/C14H18N2O3S/c1-17-11-8-19-12-10(7-18-13(11)12)16-14(20)15-9-5-3-2-4-6-9/h2-6,10-13H,7-8H2,1H3,(H2,15,16,20)/t10-,11-,12-,13+/m0/s1. The average molecular weight is 294 g/mol. The lowest BCUT2D eigenvalue weighted by Crippen LogP contribution is -2.45. The highest BCUT2D eigenvalue weighted by molar-refractivity contribution is 7.80. The number of anilines is 1. The maximum atomic E-state index is 5.74. The predicted octanol–water partition coefficient (Wildman–Crippen LogP) is 1.15. The molecule has 108 valence electrons. The van der Waals surface area contributed by atoms with Crippen molar-refractivity contribution in [2.24, 2.45) is 0 Å². The van der Waals surface area contributed by atoms with E-state index in [1.807, 2.05) is 30.3 Å². The van der Waals surface area contributed by atoms with Crippen LogP contribution in [0.2, 0.25) is 0 Å². The summed E-state index contributed by atoms with van der Waals surface area (Å²) in [6.07, 6.45) is 0.00922. The summed E-state index contributed by atoms with van der Waals surface area (Å²) in [5.41, 5.74) is 0.961. The molecule has 0 bridgehead atoms. The molecular weight excluding hydrogens is 276 g/mol. The third-order valence-electron chi connectivity index (χ3n) is 3.66. The van der Waals surface area contributed by atoms with Crippen LogP contribution in [-0.4, -0.2) is 49.8 Å². The Hall–Kier alpha value is -1.21. The van der Waals surface area contributed by atoms with Gasteiger partial charge in [-0.1, -0.05) is 18.2 Å². The Morgan fingerprint density at radius 3 is 2.70 bits per heavy atom. The number of ether oxygens (including phenoxy) is 3. The zero-order valence-corrected chi connectivity index (χ0v) is 12.1. The van der Waals surface area contributed by atoms with Gasteiger partial charge in [0.2, 0.25) is 0 Å². The maximum Gasteiger partial charge on any atom is 0.171 e. The van der Waals surface area contributed by atoms with E-state index in [-0.39, 0.29) is 24.4 Å².